The monoisotopic (exact) mass is 298 g/mol. The van der Waals surface area contributed by atoms with Crippen LogP contribution >= 0.6 is 12.4 Å². The molecule has 0 aromatic heterocycles. The fourth-order valence-electron chi connectivity index (χ4n) is 2.28. The van der Waals surface area contributed by atoms with E-state index < -0.39 is 0 Å². The SMILES string of the molecule is Cl.NC(CNC(=O)CCC1CCOC1)c1ccccc1. The Morgan fingerprint density at radius 3 is 2.80 bits per heavy atom. The highest BCUT2D eigenvalue weighted by molar-refractivity contribution is 5.85. The van der Waals surface area contributed by atoms with Gasteiger partial charge >= 0.3 is 0 Å². The average molecular weight is 299 g/mol. The van der Waals surface area contributed by atoms with E-state index in [-0.39, 0.29) is 24.4 Å². The first-order valence-corrected chi connectivity index (χ1v) is 6.90. The fraction of sp³-hybridized carbons (Fsp3) is 0.533. The molecule has 0 aliphatic carbocycles. The van der Waals surface area contributed by atoms with Crippen LogP contribution in [0, 0.1) is 5.92 Å². The zero-order chi connectivity index (χ0) is 13.5. The Morgan fingerprint density at radius 2 is 2.15 bits per heavy atom. The van der Waals surface area contributed by atoms with Crippen LogP contribution in [0.15, 0.2) is 30.3 Å². The van der Waals surface area contributed by atoms with E-state index in [9.17, 15) is 4.79 Å². The molecule has 1 saturated heterocycles. The van der Waals surface area contributed by atoms with Crippen molar-refractivity contribution in [3.05, 3.63) is 35.9 Å². The standard InChI is InChI=1S/C15H22N2O2.ClH/c16-14(13-4-2-1-3-5-13)10-17-15(18)7-6-12-8-9-19-11-12;/h1-5,12,14H,6-11,16H2,(H,17,18);1H. The minimum atomic E-state index is -0.139. The van der Waals surface area contributed by atoms with Gasteiger partial charge in [-0.25, -0.2) is 0 Å². The van der Waals surface area contributed by atoms with Gasteiger partial charge in [0.25, 0.3) is 0 Å². The minimum absolute atomic E-state index is 0. The van der Waals surface area contributed by atoms with Gasteiger partial charge in [-0.05, 0) is 24.3 Å². The van der Waals surface area contributed by atoms with E-state index in [4.69, 9.17) is 10.5 Å². The molecule has 2 unspecified atom stereocenters. The van der Waals surface area contributed by atoms with E-state index in [0.29, 0.717) is 18.9 Å². The summed E-state index contributed by atoms with van der Waals surface area (Å²) in [6, 6.07) is 9.69. The minimum Gasteiger partial charge on any atom is -0.381 e. The summed E-state index contributed by atoms with van der Waals surface area (Å²) in [5.74, 6) is 0.631. The van der Waals surface area contributed by atoms with Crippen LogP contribution in [0.4, 0.5) is 0 Å². The molecular weight excluding hydrogens is 276 g/mol. The quantitative estimate of drug-likeness (QED) is 0.845. The van der Waals surface area contributed by atoms with Crippen molar-refractivity contribution in [1.29, 1.82) is 0 Å². The lowest BCUT2D eigenvalue weighted by Gasteiger charge is -2.13. The highest BCUT2D eigenvalue weighted by Crippen LogP contribution is 2.17. The molecule has 2 rings (SSSR count). The first-order chi connectivity index (χ1) is 9.25. The molecule has 1 aromatic carbocycles. The van der Waals surface area contributed by atoms with E-state index in [0.717, 1.165) is 31.6 Å². The van der Waals surface area contributed by atoms with Crippen LogP contribution in [0.25, 0.3) is 0 Å². The highest BCUT2D eigenvalue weighted by atomic mass is 35.5. The van der Waals surface area contributed by atoms with Crippen LogP contribution in [0.3, 0.4) is 0 Å². The lowest BCUT2D eigenvalue weighted by molar-refractivity contribution is -0.121. The van der Waals surface area contributed by atoms with Crippen LogP contribution in [0.1, 0.15) is 30.9 Å². The lowest BCUT2D eigenvalue weighted by atomic mass is 10.0. The van der Waals surface area contributed by atoms with Gasteiger partial charge in [0.05, 0.1) is 0 Å². The molecule has 0 spiro atoms. The topological polar surface area (TPSA) is 64.3 Å². The number of benzene rings is 1. The summed E-state index contributed by atoms with van der Waals surface area (Å²) < 4.78 is 5.29. The zero-order valence-electron chi connectivity index (χ0n) is 11.6. The molecule has 1 heterocycles. The van der Waals surface area contributed by atoms with Gasteiger partial charge in [0.2, 0.25) is 5.91 Å². The summed E-state index contributed by atoms with van der Waals surface area (Å²) >= 11 is 0. The van der Waals surface area contributed by atoms with Gasteiger partial charge in [0.1, 0.15) is 0 Å². The molecule has 5 heteroatoms. The van der Waals surface area contributed by atoms with Crippen LogP contribution in [-0.2, 0) is 9.53 Å². The molecule has 1 amide bonds. The van der Waals surface area contributed by atoms with E-state index in [2.05, 4.69) is 5.32 Å². The molecule has 112 valence electrons. The van der Waals surface area contributed by atoms with E-state index >= 15 is 0 Å². The van der Waals surface area contributed by atoms with Gasteiger partial charge in [-0.1, -0.05) is 30.3 Å². The summed E-state index contributed by atoms with van der Waals surface area (Å²) in [6.45, 7) is 2.13. The van der Waals surface area contributed by atoms with Crippen molar-refractivity contribution in [3.63, 3.8) is 0 Å². The Balaban J connectivity index is 0.00000200. The number of carbonyl (C=O) groups excluding carboxylic acids is 1. The van der Waals surface area contributed by atoms with Gasteiger partial charge < -0.3 is 15.8 Å². The number of nitrogens with two attached hydrogens (primary N) is 1. The van der Waals surface area contributed by atoms with Gasteiger partial charge in [0.15, 0.2) is 0 Å². The molecule has 3 N–H and O–H groups in total. The first kappa shape index (κ1) is 17.0. The second-order valence-corrected chi connectivity index (χ2v) is 5.09. The number of halogens is 1. The molecule has 1 aromatic rings. The normalized spacial score (nSPS) is 19.1. The van der Waals surface area contributed by atoms with Gasteiger partial charge in [0, 0.05) is 32.2 Å². The molecule has 0 bridgehead atoms. The van der Waals surface area contributed by atoms with Crippen LogP contribution < -0.4 is 11.1 Å². The van der Waals surface area contributed by atoms with Crippen LogP contribution in [-0.4, -0.2) is 25.7 Å². The van der Waals surface area contributed by atoms with E-state index in [1.165, 1.54) is 0 Å². The molecule has 4 nitrogen and oxygen atoms in total. The molecule has 0 saturated carbocycles. The Bertz CT molecular complexity index is 394. The Hall–Kier alpha value is -1.10. The highest BCUT2D eigenvalue weighted by Gasteiger charge is 2.17. The van der Waals surface area contributed by atoms with Gasteiger partial charge in [-0.3, -0.25) is 4.79 Å². The maximum absolute atomic E-state index is 11.7. The summed E-state index contributed by atoms with van der Waals surface area (Å²) in [4.78, 5) is 11.7. The number of hydrogen-bond acceptors (Lipinski definition) is 3. The average Bonchev–Trinajstić information content (AvgIpc) is 2.96. The maximum Gasteiger partial charge on any atom is 0.220 e. The predicted octanol–water partition coefficient (Wildman–Crippen LogP) is 2.04. The maximum atomic E-state index is 11.7. The largest absolute Gasteiger partial charge is 0.381 e. The third-order valence-electron chi connectivity index (χ3n) is 3.55. The molecule has 1 aliphatic rings. The summed E-state index contributed by atoms with van der Waals surface area (Å²) in [5.41, 5.74) is 7.08. The van der Waals surface area contributed by atoms with Crippen molar-refractivity contribution in [1.82, 2.24) is 5.32 Å². The molecule has 0 radical (unpaired) electrons. The molecular formula is C15H23ClN2O2. The number of ether oxygens (including phenoxy) is 1. The second-order valence-electron chi connectivity index (χ2n) is 5.09. The Labute approximate surface area is 126 Å². The van der Waals surface area contributed by atoms with Crippen molar-refractivity contribution in [2.75, 3.05) is 19.8 Å². The van der Waals surface area contributed by atoms with Gasteiger partial charge in [-0.15, -0.1) is 12.4 Å². The predicted molar refractivity (Wildman–Crippen MR) is 81.8 cm³/mol. The van der Waals surface area contributed by atoms with Crippen LogP contribution in [0.5, 0.6) is 0 Å². The van der Waals surface area contributed by atoms with Crippen molar-refractivity contribution in [2.24, 2.45) is 11.7 Å². The van der Waals surface area contributed by atoms with Crippen LogP contribution in [0.2, 0.25) is 0 Å². The molecule has 20 heavy (non-hydrogen) atoms. The lowest BCUT2D eigenvalue weighted by Crippen LogP contribution is -2.32. The molecule has 1 aliphatic heterocycles. The fourth-order valence-corrected chi connectivity index (χ4v) is 2.28. The number of amides is 1. The number of carbonyl (C=O) groups is 1. The molecule has 1 fully saturated rings. The van der Waals surface area contributed by atoms with Crippen molar-refractivity contribution < 1.29 is 9.53 Å². The van der Waals surface area contributed by atoms with Gasteiger partial charge in [-0.2, -0.15) is 0 Å². The third-order valence-corrected chi connectivity index (χ3v) is 3.55. The Morgan fingerprint density at radius 1 is 1.40 bits per heavy atom. The van der Waals surface area contributed by atoms with Crippen molar-refractivity contribution in [2.45, 2.75) is 25.3 Å². The van der Waals surface area contributed by atoms with Crippen molar-refractivity contribution in [3.8, 4) is 0 Å². The third kappa shape index (κ3) is 5.49. The van der Waals surface area contributed by atoms with Crippen molar-refractivity contribution >= 4 is 18.3 Å². The molecule has 2 atom stereocenters. The van der Waals surface area contributed by atoms with E-state index in [1.54, 1.807) is 0 Å². The van der Waals surface area contributed by atoms with E-state index in [1.807, 2.05) is 30.3 Å². The second kappa shape index (κ2) is 8.95. The number of hydrogen-bond donors (Lipinski definition) is 2. The zero-order valence-corrected chi connectivity index (χ0v) is 12.4. The number of nitrogens with one attached hydrogen (secondary N) is 1. The Kier molecular flexibility index (Phi) is 7.59. The summed E-state index contributed by atoms with van der Waals surface area (Å²) in [7, 11) is 0. The summed E-state index contributed by atoms with van der Waals surface area (Å²) in [6.07, 6.45) is 2.55. The summed E-state index contributed by atoms with van der Waals surface area (Å²) in [5, 5.41) is 2.90. The smallest absolute Gasteiger partial charge is 0.220 e. The first-order valence-electron chi connectivity index (χ1n) is 6.90. The number of rotatable bonds is 6.